The Kier molecular flexibility index (Phi) is 12.1. The zero-order chi connectivity index (χ0) is 34.6. The third kappa shape index (κ3) is 8.50. The fourth-order valence-electron chi connectivity index (χ4n) is 7.60. The zero-order valence-corrected chi connectivity index (χ0v) is 29.7. The molecule has 5 rings (SSSR count). The van der Waals surface area contributed by atoms with Crippen LogP contribution >= 0.6 is 11.6 Å². The van der Waals surface area contributed by atoms with Crippen molar-refractivity contribution in [3.8, 4) is 0 Å². The molecule has 13 heteroatoms. The minimum atomic E-state index is -3.42. The number of carbonyl (C=O) groups is 2. The highest BCUT2D eigenvalue weighted by Crippen LogP contribution is 2.39. The lowest BCUT2D eigenvalue weighted by atomic mass is 9.74. The molecule has 2 aromatic rings. The standard InChI is InChI=1S/C35H48ClFN4O6S/c1-22(2)31-19-24(16-17-47-31)32(23-10-12-25(36)13-11-23)33(39-35(43)46-4)34(42)38-30-9-5-8-29(37)28(30)15-14-27-20-40(3)26-7-6-18-48(44,45)41(27)21-26/h5,8-13,22,24,26-27,31-33H,6-7,14-21H2,1-4H3,(H,38,42)(H,39,43)/t24?,26?,27?,31?,32-,33-/m0/s1. The van der Waals surface area contributed by atoms with E-state index in [1.54, 1.807) is 22.5 Å². The summed E-state index contributed by atoms with van der Waals surface area (Å²) >= 11 is 6.24. The van der Waals surface area contributed by atoms with Gasteiger partial charge < -0.3 is 25.0 Å². The molecular weight excluding hydrogens is 659 g/mol. The summed E-state index contributed by atoms with van der Waals surface area (Å²) in [5.74, 6) is -1.14. The fourth-order valence-corrected chi connectivity index (χ4v) is 9.52. The molecule has 3 fully saturated rings. The predicted molar refractivity (Wildman–Crippen MR) is 184 cm³/mol. The SMILES string of the molecule is COC(=O)N[C@H](C(=O)Nc1cccc(F)c1CCC1CN(C)C2CCCS(=O)(=O)N1C2)[C@@H](c1ccc(Cl)cc1)C1CCOC(C(C)C)C1. The number of piperazine rings is 1. The summed E-state index contributed by atoms with van der Waals surface area (Å²) in [5.41, 5.74) is 1.39. The summed E-state index contributed by atoms with van der Waals surface area (Å²) in [6, 6.07) is 10.5. The minimum Gasteiger partial charge on any atom is -0.453 e. The van der Waals surface area contributed by atoms with Gasteiger partial charge in [-0.15, -0.1) is 0 Å². The maximum absolute atomic E-state index is 15.5. The zero-order valence-electron chi connectivity index (χ0n) is 28.2. The molecule has 3 saturated heterocycles. The highest BCUT2D eigenvalue weighted by Gasteiger charge is 2.42. The van der Waals surface area contributed by atoms with Crippen molar-refractivity contribution in [3.05, 3.63) is 64.4 Å². The molecule has 2 N–H and O–H groups in total. The van der Waals surface area contributed by atoms with Gasteiger partial charge in [0.2, 0.25) is 15.9 Å². The Bertz CT molecular complexity index is 1540. The molecule has 2 amide bonds. The van der Waals surface area contributed by atoms with Gasteiger partial charge in [0.05, 0.1) is 19.0 Å². The number of likely N-dealkylation sites (N-methyl/N-ethyl adjacent to an activating group) is 1. The van der Waals surface area contributed by atoms with Crippen LogP contribution in [0.3, 0.4) is 0 Å². The second kappa shape index (κ2) is 15.8. The van der Waals surface area contributed by atoms with Gasteiger partial charge in [-0.1, -0.05) is 43.6 Å². The molecule has 3 heterocycles. The Morgan fingerprint density at radius 1 is 1.12 bits per heavy atom. The van der Waals surface area contributed by atoms with E-state index in [2.05, 4.69) is 29.4 Å². The Morgan fingerprint density at radius 2 is 1.88 bits per heavy atom. The molecule has 3 aliphatic rings. The lowest BCUT2D eigenvalue weighted by Crippen LogP contribution is -2.57. The number of hydrogen-bond acceptors (Lipinski definition) is 7. The average Bonchev–Trinajstić information content (AvgIpc) is 3.19. The van der Waals surface area contributed by atoms with Crippen LogP contribution in [0.2, 0.25) is 5.02 Å². The molecule has 2 aromatic carbocycles. The molecule has 48 heavy (non-hydrogen) atoms. The number of fused-ring (bicyclic) bond motifs is 2. The van der Waals surface area contributed by atoms with E-state index in [1.165, 1.54) is 19.2 Å². The molecule has 264 valence electrons. The largest absolute Gasteiger partial charge is 0.453 e. The Morgan fingerprint density at radius 3 is 2.58 bits per heavy atom. The van der Waals surface area contributed by atoms with Crippen LogP contribution in [0.15, 0.2) is 42.5 Å². The number of sulfonamides is 1. The maximum atomic E-state index is 15.5. The van der Waals surface area contributed by atoms with Crippen LogP contribution in [0.5, 0.6) is 0 Å². The monoisotopic (exact) mass is 706 g/mol. The van der Waals surface area contributed by atoms with E-state index in [0.717, 1.165) is 12.0 Å². The molecular formula is C35H48ClFN4O6S. The molecule has 5 unspecified atom stereocenters. The van der Waals surface area contributed by atoms with Crippen LogP contribution in [0.1, 0.15) is 63.0 Å². The van der Waals surface area contributed by atoms with Crippen LogP contribution < -0.4 is 10.6 Å². The molecule has 3 aliphatic heterocycles. The van der Waals surface area contributed by atoms with Crippen molar-refractivity contribution in [3.63, 3.8) is 0 Å². The number of nitrogens with zero attached hydrogens (tertiary/aromatic N) is 2. The van der Waals surface area contributed by atoms with Gasteiger partial charge in [-0.25, -0.2) is 17.6 Å². The van der Waals surface area contributed by atoms with Crippen molar-refractivity contribution in [2.75, 3.05) is 44.9 Å². The Hall–Kier alpha value is -2.77. The van der Waals surface area contributed by atoms with Crippen molar-refractivity contribution >= 4 is 39.3 Å². The van der Waals surface area contributed by atoms with Gasteiger partial charge in [0.1, 0.15) is 11.9 Å². The van der Waals surface area contributed by atoms with E-state index in [-0.39, 0.29) is 53.4 Å². The van der Waals surface area contributed by atoms with E-state index >= 15 is 4.39 Å². The first-order chi connectivity index (χ1) is 22.9. The summed E-state index contributed by atoms with van der Waals surface area (Å²) in [4.78, 5) is 29.3. The van der Waals surface area contributed by atoms with Crippen molar-refractivity contribution in [1.29, 1.82) is 0 Å². The first-order valence-corrected chi connectivity index (χ1v) is 18.9. The number of ether oxygens (including phenoxy) is 2. The molecule has 0 aliphatic carbocycles. The van der Waals surface area contributed by atoms with E-state index < -0.39 is 39.8 Å². The van der Waals surface area contributed by atoms with Gasteiger partial charge in [-0.2, -0.15) is 4.31 Å². The normalized spacial score (nSPS) is 27.0. The van der Waals surface area contributed by atoms with Gasteiger partial charge in [-0.05, 0) is 87.2 Å². The molecule has 0 aromatic heterocycles. The number of nitrogens with one attached hydrogen (secondary N) is 2. The molecule has 0 radical (unpaired) electrons. The van der Waals surface area contributed by atoms with Crippen LogP contribution in [0, 0.1) is 17.7 Å². The summed E-state index contributed by atoms with van der Waals surface area (Å²) in [6.07, 6.45) is 2.61. The number of halogens is 2. The Balaban J connectivity index is 1.43. The lowest BCUT2D eigenvalue weighted by molar-refractivity contribution is -0.119. The molecule has 0 saturated carbocycles. The molecule has 0 spiro atoms. The van der Waals surface area contributed by atoms with E-state index in [1.807, 2.05) is 19.2 Å². The van der Waals surface area contributed by atoms with Gasteiger partial charge in [-0.3, -0.25) is 4.79 Å². The summed E-state index contributed by atoms with van der Waals surface area (Å²) in [5, 5.41) is 6.26. The van der Waals surface area contributed by atoms with Crippen molar-refractivity contribution < 1.29 is 31.9 Å². The smallest absolute Gasteiger partial charge is 0.407 e. The number of benzene rings is 2. The number of amides is 2. The fraction of sp³-hybridized carbons (Fsp3) is 0.600. The average molecular weight is 707 g/mol. The number of anilines is 1. The number of hydrogen-bond donors (Lipinski definition) is 2. The van der Waals surface area contributed by atoms with Gasteiger partial charge in [0.15, 0.2) is 0 Å². The third-order valence-corrected chi connectivity index (χ3v) is 12.5. The number of alkyl carbamates (subject to hydrolysis) is 1. The first-order valence-electron chi connectivity index (χ1n) is 16.9. The molecule has 7 atom stereocenters. The molecule has 2 bridgehead atoms. The highest BCUT2D eigenvalue weighted by molar-refractivity contribution is 7.89. The number of rotatable bonds is 10. The first kappa shape index (κ1) is 36.5. The van der Waals surface area contributed by atoms with Crippen LogP contribution in [-0.2, 0) is 30.7 Å². The van der Waals surface area contributed by atoms with E-state index in [4.69, 9.17) is 21.1 Å². The van der Waals surface area contributed by atoms with Gasteiger partial charge in [0.25, 0.3) is 0 Å². The van der Waals surface area contributed by atoms with Crippen molar-refractivity contribution in [2.45, 2.75) is 82.5 Å². The van der Waals surface area contributed by atoms with E-state index in [9.17, 15) is 18.0 Å². The van der Waals surface area contributed by atoms with Crippen molar-refractivity contribution in [1.82, 2.24) is 14.5 Å². The second-order valence-electron chi connectivity index (χ2n) is 13.7. The van der Waals surface area contributed by atoms with Crippen LogP contribution in [0.25, 0.3) is 0 Å². The summed E-state index contributed by atoms with van der Waals surface area (Å²) in [6.45, 7) is 5.69. The van der Waals surface area contributed by atoms with Crippen LogP contribution in [-0.4, -0.2) is 93.5 Å². The third-order valence-electron chi connectivity index (χ3n) is 10.3. The van der Waals surface area contributed by atoms with Gasteiger partial charge in [0, 0.05) is 54.0 Å². The predicted octanol–water partition coefficient (Wildman–Crippen LogP) is 5.42. The lowest BCUT2D eigenvalue weighted by Gasteiger charge is -2.42. The molecule has 10 nitrogen and oxygen atoms in total. The summed E-state index contributed by atoms with van der Waals surface area (Å²) in [7, 11) is -0.168. The maximum Gasteiger partial charge on any atom is 0.407 e. The van der Waals surface area contributed by atoms with Gasteiger partial charge >= 0.3 is 6.09 Å². The van der Waals surface area contributed by atoms with Crippen LogP contribution in [0.4, 0.5) is 14.9 Å². The minimum absolute atomic E-state index is 0.0164. The highest BCUT2D eigenvalue weighted by atomic mass is 35.5. The summed E-state index contributed by atoms with van der Waals surface area (Å²) < 4.78 is 54.4. The second-order valence-corrected chi connectivity index (χ2v) is 16.2. The van der Waals surface area contributed by atoms with Crippen molar-refractivity contribution in [2.24, 2.45) is 11.8 Å². The topological polar surface area (TPSA) is 117 Å². The van der Waals surface area contributed by atoms with E-state index in [0.29, 0.717) is 50.4 Å². The Labute approximate surface area is 288 Å². The quantitative estimate of drug-likeness (QED) is 0.339. The number of carbonyl (C=O) groups excluding carboxylic acids is 2. The number of methoxy groups -OCH3 is 1.